The second-order valence-electron chi connectivity index (χ2n) is 6.20. The lowest BCUT2D eigenvalue weighted by atomic mass is 10.1. The van der Waals surface area contributed by atoms with Crippen LogP contribution in [-0.2, 0) is 4.79 Å². The summed E-state index contributed by atoms with van der Waals surface area (Å²) in [6.07, 6.45) is 0. The Kier molecular flexibility index (Phi) is 4.89. The molecule has 0 bridgehead atoms. The van der Waals surface area contributed by atoms with Gasteiger partial charge in [-0.25, -0.2) is 4.98 Å². The van der Waals surface area contributed by atoms with Gasteiger partial charge in [-0.15, -0.1) is 5.10 Å². The van der Waals surface area contributed by atoms with Crippen LogP contribution in [0.25, 0.3) is 22.2 Å². The second kappa shape index (κ2) is 7.63. The fourth-order valence-electron chi connectivity index (χ4n) is 2.80. The van der Waals surface area contributed by atoms with Gasteiger partial charge in [-0.2, -0.15) is 0 Å². The Balaban J connectivity index is 1.40. The highest BCUT2D eigenvalue weighted by atomic mass is 32.2. The predicted molar refractivity (Wildman–Crippen MR) is 110 cm³/mol. The number of aromatic nitrogens is 3. The first-order chi connectivity index (χ1) is 13.2. The van der Waals surface area contributed by atoms with Gasteiger partial charge >= 0.3 is 0 Å². The third kappa shape index (κ3) is 4.01. The van der Waals surface area contributed by atoms with Crippen molar-refractivity contribution >= 4 is 34.1 Å². The molecule has 0 saturated carbocycles. The van der Waals surface area contributed by atoms with Crippen LogP contribution in [0.2, 0.25) is 0 Å². The molecule has 0 spiro atoms. The Labute approximate surface area is 161 Å². The fourth-order valence-corrected chi connectivity index (χ4v) is 3.40. The molecule has 27 heavy (non-hydrogen) atoms. The summed E-state index contributed by atoms with van der Waals surface area (Å²) in [5, 5.41) is 12.8. The summed E-state index contributed by atoms with van der Waals surface area (Å²) in [6.45, 7) is 2.04. The van der Waals surface area contributed by atoms with Crippen molar-refractivity contribution in [1.29, 1.82) is 0 Å². The summed E-state index contributed by atoms with van der Waals surface area (Å²) in [4.78, 5) is 16.8. The van der Waals surface area contributed by atoms with Crippen LogP contribution in [-0.4, -0.2) is 26.8 Å². The number of hydrogen-bond acceptors (Lipinski definition) is 4. The van der Waals surface area contributed by atoms with Crippen molar-refractivity contribution in [2.45, 2.75) is 12.1 Å². The maximum atomic E-state index is 12.3. The average Bonchev–Trinajstić information content (AvgIpc) is 3.16. The predicted octanol–water partition coefficient (Wildman–Crippen LogP) is 4.66. The molecule has 5 nitrogen and oxygen atoms in total. The molecule has 6 heteroatoms. The summed E-state index contributed by atoms with van der Waals surface area (Å²) < 4.78 is 0. The van der Waals surface area contributed by atoms with Gasteiger partial charge in [0, 0.05) is 16.6 Å². The average molecular weight is 374 g/mol. The molecule has 0 saturated heterocycles. The molecule has 4 aromatic rings. The maximum absolute atomic E-state index is 12.3. The van der Waals surface area contributed by atoms with E-state index in [2.05, 4.69) is 20.5 Å². The quantitative estimate of drug-likeness (QED) is 0.498. The summed E-state index contributed by atoms with van der Waals surface area (Å²) >= 11 is 1.31. The first-order valence-electron chi connectivity index (χ1n) is 8.59. The monoisotopic (exact) mass is 374 g/mol. The van der Waals surface area contributed by atoms with Crippen LogP contribution in [0.15, 0.2) is 71.9 Å². The molecule has 0 aliphatic heterocycles. The molecule has 0 aliphatic carbocycles. The molecule has 4 rings (SSSR count). The largest absolute Gasteiger partial charge is 0.325 e. The van der Waals surface area contributed by atoms with Crippen LogP contribution >= 0.6 is 11.8 Å². The molecule has 3 aromatic carbocycles. The third-order valence-corrected chi connectivity index (χ3v) is 5.03. The third-order valence-electron chi connectivity index (χ3n) is 4.19. The van der Waals surface area contributed by atoms with Crippen LogP contribution < -0.4 is 5.32 Å². The summed E-state index contributed by atoms with van der Waals surface area (Å²) in [7, 11) is 0. The minimum Gasteiger partial charge on any atom is -0.325 e. The molecule has 0 atom stereocenters. The number of fused-ring (bicyclic) bond motifs is 1. The van der Waals surface area contributed by atoms with Gasteiger partial charge in [0.15, 0.2) is 5.82 Å². The number of benzene rings is 3. The summed E-state index contributed by atoms with van der Waals surface area (Å²) in [6, 6.07) is 21.9. The van der Waals surface area contributed by atoms with Crippen LogP contribution in [0.5, 0.6) is 0 Å². The first-order valence-corrected chi connectivity index (χ1v) is 9.57. The van der Waals surface area contributed by atoms with Gasteiger partial charge in [-0.3, -0.25) is 9.89 Å². The molecule has 0 unspecified atom stereocenters. The Morgan fingerprint density at radius 3 is 2.67 bits per heavy atom. The van der Waals surface area contributed by atoms with E-state index in [-0.39, 0.29) is 11.7 Å². The number of carbonyl (C=O) groups excluding carboxylic acids is 1. The minimum atomic E-state index is -0.0851. The number of nitrogens with one attached hydrogen (secondary N) is 2. The lowest BCUT2D eigenvalue weighted by Crippen LogP contribution is -2.14. The van der Waals surface area contributed by atoms with E-state index in [0.717, 1.165) is 22.0 Å². The van der Waals surface area contributed by atoms with E-state index in [9.17, 15) is 4.79 Å². The van der Waals surface area contributed by atoms with Gasteiger partial charge in [-0.1, -0.05) is 78.0 Å². The number of hydrogen-bond donors (Lipinski definition) is 2. The number of carbonyl (C=O) groups is 1. The van der Waals surface area contributed by atoms with Crippen molar-refractivity contribution in [1.82, 2.24) is 15.2 Å². The highest BCUT2D eigenvalue weighted by Gasteiger charge is 2.10. The Morgan fingerprint density at radius 1 is 1.04 bits per heavy atom. The Morgan fingerprint density at radius 2 is 1.81 bits per heavy atom. The van der Waals surface area contributed by atoms with E-state index < -0.39 is 0 Å². The number of aryl methyl sites for hydroxylation is 1. The normalized spacial score (nSPS) is 10.9. The van der Waals surface area contributed by atoms with Gasteiger partial charge < -0.3 is 5.32 Å². The zero-order chi connectivity index (χ0) is 18.6. The molecule has 0 radical (unpaired) electrons. The number of anilines is 1. The molecule has 1 aromatic heterocycles. The van der Waals surface area contributed by atoms with Gasteiger partial charge in [0.2, 0.25) is 11.1 Å². The van der Waals surface area contributed by atoms with Crippen LogP contribution in [0, 0.1) is 6.92 Å². The van der Waals surface area contributed by atoms with Crippen LogP contribution in [0.4, 0.5) is 5.69 Å². The highest BCUT2D eigenvalue weighted by Crippen LogP contribution is 2.24. The summed E-state index contributed by atoms with van der Waals surface area (Å²) in [5.41, 5.74) is 2.98. The molecular formula is C21H18N4OS. The van der Waals surface area contributed by atoms with Gasteiger partial charge in [-0.05, 0) is 18.4 Å². The number of nitrogens with zero attached hydrogens (tertiary/aromatic N) is 2. The van der Waals surface area contributed by atoms with Gasteiger partial charge in [0.05, 0.1) is 5.75 Å². The zero-order valence-corrected chi connectivity index (χ0v) is 15.6. The number of H-pyrrole nitrogens is 1. The Bertz CT molecular complexity index is 1080. The van der Waals surface area contributed by atoms with Crippen molar-refractivity contribution in [2.75, 3.05) is 11.1 Å². The first kappa shape index (κ1) is 17.3. The van der Waals surface area contributed by atoms with Crippen molar-refractivity contribution in [3.05, 3.63) is 72.3 Å². The van der Waals surface area contributed by atoms with Crippen LogP contribution in [0.1, 0.15) is 5.56 Å². The molecule has 1 heterocycles. The zero-order valence-electron chi connectivity index (χ0n) is 14.8. The minimum absolute atomic E-state index is 0.0851. The SMILES string of the molecule is Cc1ccc(-c2nc(SCC(=O)Nc3cccc4ccccc34)n[nH]2)cc1. The summed E-state index contributed by atoms with van der Waals surface area (Å²) in [5.74, 6) is 0.860. The number of thioether (sulfide) groups is 1. The fraction of sp³-hybridized carbons (Fsp3) is 0.0952. The molecule has 0 fully saturated rings. The van der Waals surface area contributed by atoms with Crippen molar-refractivity contribution < 1.29 is 4.79 Å². The number of aromatic amines is 1. The van der Waals surface area contributed by atoms with Crippen LogP contribution in [0.3, 0.4) is 0 Å². The molecule has 2 N–H and O–H groups in total. The van der Waals surface area contributed by atoms with E-state index in [1.165, 1.54) is 17.3 Å². The maximum Gasteiger partial charge on any atom is 0.234 e. The number of rotatable bonds is 5. The van der Waals surface area contributed by atoms with E-state index in [4.69, 9.17) is 0 Å². The lowest BCUT2D eigenvalue weighted by molar-refractivity contribution is -0.113. The molecule has 0 aliphatic rings. The van der Waals surface area contributed by atoms with Gasteiger partial charge in [0.25, 0.3) is 0 Å². The molecule has 1 amide bonds. The second-order valence-corrected chi connectivity index (χ2v) is 7.14. The Hall–Kier alpha value is -3.12. The van der Waals surface area contributed by atoms with Gasteiger partial charge in [0.1, 0.15) is 0 Å². The number of amides is 1. The highest BCUT2D eigenvalue weighted by molar-refractivity contribution is 7.99. The van der Waals surface area contributed by atoms with E-state index in [0.29, 0.717) is 11.0 Å². The standard InChI is InChI=1S/C21H18N4OS/c1-14-9-11-16(12-10-14)20-23-21(25-24-20)27-13-19(26)22-18-8-4-6-15-5-2-3-7-17(15)18/h2-12H,13H2,1H3,(H,22,26)(H,23,24,25). The van der Waals surface area contributed by atoms with E-state index in [1.54, 1.807) is 0 Å². The smallest absolute Gasteiger partial charge is 0.234 e. The van der Waals surface area contributed by atoms with Crippen molar-refractivity contribution in [3.63, 3.8) is 0 Å². The molecule has 134 valence electrons. The van der Waals surface area contributed by atoms with Crippen molar-refractivity contribution in [2.24, 2.45) is 0 Å². The molecular weight excluding hydrogens is 356 g/mol. The lowest BCUT2D eigenvalue weighted by Gasteiger charge is -2.08. The van der Waals surface area contributed by atoms with E-state index >= 15 is 0 Å². The van der Waals surface area contributed by atoms with E-state index in [1.807, 2.05) is 73.7 Å². The topological polar surface area (TPSA) is 70.7 Å². The van der Waals surface area contributed by atoms with Crippen molar-refractivity contribution in [3.8, 4) is 11.4 Å².